The summed E-state index contributed by atoms with van der Waals surface area (Å²) in [4.78, 5) is 2.63. The van der Waals surface area contributed by atoms with E-state index in [1.54, 1.807) is 4.79 Å². The van der Waals surface area contributed by atoms with Crippen molar-refractivity contribution in [3.63, 3.8) is 0 Å². The number of hydrogen-bond acceptors (Lipinski definition) is 5. The molecule has 1 aliphatic rings. The molecule has 1 aliphatic heterocycles. The van der Waals surface area contributed by atoms with E-state index in [1.165, 1.54) is 18.2 Å². The first-order chi connectivity index (χ1) is 9.34. The van der Waals surface area contributed by atoms with Gasteiger partial charge in [0.2, 0.25) is 0 Å². The van der Waals surface area contributed by atoms with Crippen molar-refractivity contribution in [2.75, 3.05) is 18.1 Å². The average Bonchev–Trinajstić information content (AvgIpc) is 2.82. The van der Waals surface area contributed by atoms with Gasteiger partial charge < -0.3 is 9.63 Å². The van der Waals surface area contributed by atoms with E-state index in [2.05, 4.69) is 10.3 Å². The maximum absolute atomic E-state index is 11.8. The van der Waals surface area contributed by atoms with Crippen molar-refractivity contribution in [2.24, 2.45) is 0 Å². The molecular weight excluding hydrogens is 262 g/mol. The van der Waals surface area contributed by atoms with Gasteiger partial charge in [0.25, 0.3) is 0 Å². The minimum atomic E-state index is -0.376. The van der Waals surface area contributed by atoms with Crippen molar-refractivity contribution >= 4 is 11.8 Å². The molecule has 5 nitrogen and oxygen atoms in total. The maximum atomic E-state index is 11.8. The Kier molecular flexibility index (Phi) is 3.59. The summed E-state index contributed by atoms with van der Waals surface area (Å²) in [6.07, 6.45) is 3.49. The highest BCUT2D eigenvalue weighted by molar-refractivity contribution is 7.99. The summed E-state index contributed by atoms with van der Waals surface area (Å²) < 4.78 is 4.82. The fourth-order valence-corrected chi connectivity index (χ4v) is 3.03. The van der Waals surface area contributed by atoms with Crippen LogP contribution in [0.4, 0.5) is 0 Å². The van der Waals surface area contributed by atoms with Gasteiger partial charge in [-0.25, -0.2) is 0 Å². The molecule has 1 aromatic carbocycles. The molecule has 1 aromatic heterocycles. The Morgan fingerprint density at radius 2 is 1.89 bits per heavy atom. The molecule has 0 bridgehead atoms. The maximum Gasteiger partial charge on any atom is 0.329 e. The monoisotopic (exact) mass is 277 g/mol. The molecule has 0 aliphatic carbocycles. The number of hydrogen-bond donors (Lipinski definition) is 0. The van der Waals surface area contributed by atoms with Crippen LogP contribution in [0.3, 0.4) is 0 Å². The molecule has 2 heterocycles. The number of aromatic nitrogens is 2. The lowest BCUT2D eigenvalue weighted by Crippen LogP contribution is -2.62. The largest absolute Gasteiger partial charge is 0.538 e. The molecule has 0 radical (unpaired) electrons. The molecule has 0 amide bonds. The highest BCUT2D eigenvalue weighted by Gasteiger charge is 2.27. The van der Waals surface area contributed by atoms with Gasteiger partial charge in [-0.1, -0.05) is 18.2 Å². The number of benzene rings is 1. The molecule has 6 heteroatoms. The van der Waals surface area contributed by atoms with E-state index in [0.717, 1.165) is 30.8 Å². The lowest BCUT2D eigenvalue weighted by molar-refractivity contribution is -0.790. The van der Waals surface area contributed by atoms with E-state index in [4.69, 9.17) is 4.52 Å². The number of rotatable bonds is 3. The van der Waals surface area contributed by atoms with Gasteiger partial charge >= 0.3 is 5.03 Å². The third-order valence-corrected chi connectivity index (χ3v) is 4.15. The third-order valence-electron chi connectivity index (χ3n) is 3.12. The van der Waals surface area contributed by atoms with Crippen LogP contribution in [0.2, 0.25) is 0 Å². The van der Waals surface area contributed by atoms with Crippen molar-refractivity contribution in [2.45, 2.75) is 29.2 Å². The van der Waals surface area contributed by atoms with Gasteiger partial charge in [0.05, 0.1) is 17.9 Å². The van der Waals surface area contributed by atoms with Crippen molar-refractivity contribution in [1.29, 1.82) is 0 Å². The molecule has 2 aromatic rings. The highest BCUT2D eigenvalue weighted by atomic mass is 32.2. The van der Waals surface area contributed by atoms with E-state index in [1.807, 2.05) is 30.3 Å². The van der Waals surface area contributed by atoms with Crippen LogP contribution in [0, 0.1) is 0 Å². The molecule has 0 spiro atoms. The van der Waals surface area contributed by atoms with E-state index in [-0.39, 0.29) is 5.95 Å². The molecule has 0 N–H and O–H groups in total. The first kappa shape index (κ1) is 12.3. The van der Waals surface area contributed by atoms with Gasteiger partial charge in [-0.05, 0) is 43.2 Å². The highest BCUT2D eigenvalue weighted by Crippen LogP contribution is 2.29. The van der Waals surface area contributed by atoms with Crippen LogP contribution in [-0.2, 0) is 0 Å². The van der Waals surface area contributed by atoms with Gasteiger partial charge in [0, 0.05) is 4.90 Å². The molecule has 3 rings (SSSR count). The summed E-state index contributed by atoms with van der Waals surface area (Å²) in [5.41, 5.74) is 0. The first-order valence-corrected chi connectivity index (χ1v) is 7.23. The Hall–Kier alpha value is -1.69. The second kappa shape index (κ2) is 5.52. The Morgan fingerprint density at radius 3 is 2.63 bits per heavy atom. The Labute approximate surface area is 115 Å². The zero-order valence-electron chi connectivity index (χ0n) is 10.5. The summed E-state index contributed by atoms with van der Waals surface area (Å²) in [6.45, 7) is 1.83. The lowest BCUT2D eigenvalue weighted by Gasteiger charge is -2.19. The van der Waals surface area contributed by atoms with Crippen molar-refractivity contribution in [3.8, 4) is 5.95 Å². The minimum absolute atomic E-state index is 0.376. The molecule has 0 unspecified atom stereocenters. The molecule has 100 valence electrons. The van der Waals surface area contributed by atoms with Gasteiger partial charge in [-0.2, -0.15) is 5.01 Å². The van der Waals surface area contributed by atoms with Crippen molar-refractivity contribution < 1.29 is 14.4 Å². The van der Waals surface area contributed by atoms with Gasteiger partial charge in [0.15, 0.2) is 5.95 Å². The predicted molar refractivity (Wildman–Crippen MR) is 68.5 cm³/mol. The molecule has 1 fully saturated rings. The third kappa shape index (κ3) is 2.68. The Bertz CT molecular complexity index is 538. The van der Waals surface area contributed by atoms with Crippen LogP contribution < -0.4 is 14.9 Å². The van der Waals surface area contributed by atoms with Crippen LogP contribution in [0.5, 0.6) is 5.95 Å². The summed E-state index contributed by atoms with van der Waals surface area (Å²) >= 11 is 1.39. The standard InChI is InChI=1S/C13H15N3O2S/c17-13-12(19-11-7-3-1-4-8-11)16(14-18-13)15-9-5-2-6-10-15/h1,3-4,7-8H,2,5-6,9-10H2. The number of piperidine rings is 1. The molecule has 0 saturated carbocycles. The molecule has 19 heavy (non-hydrogen) atoms. The zero-order valence-corrected chi connectivity index (χ0v) is 11.3. The lowest BCUT2D eigenvalue weighted by atomic mass is 10.2. The fraction of sp³-hybridized carbons (Fsp3) is 0.385. The molecule has 1 saturated heterocycles. The van der Waals surface area contributed by atoms with Gasteiger partial charge in [0.1, 0.15) is 5.27 Å². The van der Waals surface area contributed by atoms with Crippen LogP contribution in [-0.4, -0.2) is 18.4 Å². The summed E-state index contributed by atoms with van der Waals surface area (Å²) in [7, 11) is 0. The topological polar surface area (TPSA) is 56.2 Å². The normalized spacial score (nSPS) is 15.7. The van der Waals surface area contributed by atoms with Crippen LogP contribution in [0.25, 0.3) is 0 Å². The zero-order chi connectivity index (χ0) is 13.1. The van der Waals surface area contributed by atoms with Crippen LogP contribution in [0.15, 0.2) is 44.8 Å². The fourth-order valence-electron chi connectivity index (χ4n) is 2.16. The summed E-state index contributed by atoms with van der Waals surface area (Å²) in [5.74, 6) is -0.376. The van der Waals surface area contributed by atoms with E-state index in [9.17, 15) is 5.11 Å². The molecular formula is C13H15N3O2S. The molecule has 0 atom stereocenters. The van der Waals surface area contributed by atoms with E-state index >= 15 is 0 Å². The Morgan fingerprint density at radius 1 is 1.16 bits per heavy atom. The quantitative estimate of drug-likeness (QED) is 0.792. The van der Waals surface area contributed by atoms with Crippen molar-refractivity contribution in [1.82, 2.24) is 5.27 Å². The number of nitrogens with zero attached hydrogens (tertiary/aromatic N) is 3. The van der Waals surface area contributed by atoms with E-state index in [0.29, 0.717) is 5.03 Å². The van der Waals surface area contributed by atoms with Crippen LogP contribution >= 0.6 is 11.8 Å². The summed E-state index contributed by atoms with van der Waals surface area (Å²) in [5, 5.41) is 18.2. The summed E-state index contributed by atoms with van der Waals surface area (Å²) in [6, 6.07) is 9.79. The van der Waals surface area contributed by atoms with Gasteiger partial charge in [-0.3, -0.25) is 0 Å². The van der Waals surface area contributed by atoms with Crippen LogP contribution in [0.1, 0.15) is 19.3 Å². The smallest absolute Gasteiger partial charge is 0.329 e. The minimum Gasteiger partial charge on any atom is -0.538 e. The SMILES string of the molecule is [O-]c1on[n+](N2CCCCC2)c1Sc1ccccc1. The second-order valence-corrected chi connectivity index (χ2v) is 5.55. The predicted octanol–water partition coefficient (Wildman–Crippen LogP) is 1.31. The van der Waals surface area contributed by atoms with Gasteiger partial charge in [-0.15, -0.1) is 0 Å². The second-order valence-electron chi connectivity index (χ2n) is 4.48. The average molecular weight is 277 g/mol. The van der Waals surface area contributed by atoms with Crippen molar-refractivity contribution in [3.05, 3.63) is 30.3 Å². The Balaban J connectivity index is 1.86. The first-order valence-electron chi connectivity index (χ1n) is 6.42. The van der Waals surface area contributed by atoms with E-state index < -0.39 is 0 Å².